The predicted octanol–water partition coefficient (Wildman–Crippen LogP) is 8.43. The highest BCUT2D eigenvalue weighted by Crippen LogP contribution is 2.43. The Morgan fingerprint density at radius 1 is 0.767 bits per heavy atom. The van der Waals surface area contributed by atoms with Gasteiger partial charge in [0.1, 0.15) is 0 Å². The number of allylic oxidation sites excluding steroid dienone is 5. The number of phosphoric ester groups is 1. The molecule has 1 amide bonds. The highest BCUT2D eigenvalue weighted by Gasteiger charge is 2.26. The van der Waals surface area contributed by atoms with Crippen LogP contribution in [0.1, 0.15) is 142 Å². The number of rotatable bonds is 31. The van der Waals surface area contributed by atoms with Crippen LogP contribution in [0.2, 0.25) is 0 Å². The minimum absolute atomic E-state index is 0.0751. The molecule has 0 aromatic rings. The Labute approximate surface area is 263 Å². The molecule has 5 N–H and O–H groups in total. The average Bonchev–Trinajstić information content (AvgIpc) is 2.99. The lowest BCUT2D eigenvalue weighted by molar-refractivity contribution is -0.123. The summed E-state index contributed by atoms with van der Waals surface area (Å²) in [6, 6.07) is -0.863. The number of nitrogens with one attached hydrogen (secondary N) is 1. The van der Waals surface area contributed by atoms with E-state index in [1.807, 2.05) is 6.08 Å². The van der Waals surface area contributed by atoms with E-state index in [0.29, 0.717) is 6.42 Å². The molecule has 0 heterocycles. The number of phosphoric acid groups is 1. The summed E-state index contributed by atoms with van der Waals surface area (Å²) < 4.78 is 21.9. The monoisotopic (exact) mass is 628 g/mol. The van der Waals surface area contributed by atoms with Crippen molar-refractivity contribution in [3.63, 3.8) is 0 Å². The summed E-state index contributed by atoms with van der Waals surface area (Å²) in [5, 5.41) is 13.5. The van der Waals surface area contributed by atoms with Gasteiger partial charge in [0.2, 0.25) is 5.91 Å². The molecule has 252 valence electrons. The Balaban J connectivity index is 4.41. The molecule has 3 atom stereocenters. The number of nitrogens with two attached hydrogens (primary N) is 1. The molecule has 9 heteroatoms. The molecule has 0 aliphatic carbocycles. The van der Waals surface area contributed by atoms with E-state index >= 15 is 0 Å². The molecule has 0 radical (unpaired) electrons. The van der Waals surface area contributed by atoms with Gasteiger partial charge in [-0.2, -0.15) is 0 Å². The number of aliphatic hydroxyl groups excluding tert-OH is 1. The maximum absolute atomic E-state index is 12.6. The molecule has 0 rings (SSSR count). The summed E-state index contributed by atoms with van der Waals surface area (Å²) >= 11 is 0. The van der Waals surface area contributed by atoms with E-state index < -0.39 is 20.0 Å². The van der Waals surface area contributed by atoms with Crippen molar-refractivity contribution in [2.75, 3.05) is 19.8 Å². The van der Waals surface area contributed by atoms with E-state index in [1.165, 1.54) is 57.8 Å². The number of aliphatic hydroxyl groups is 1. The number of carbonyl (C=O) groups is 1. The normalized spacial score (nSPS) is 15.0. The summed E-state index contributed by atoms with van der Waals surface area (Å²) in [5.74, 6) is -0.213. The molecule has 43 heavy (non-hydrogen) atoms. The topological polar surface area (TPSA) is 131 Å². The van der Waals surface area contributed by atoms with Crippen LogP contribution in [0, 0.1) is 0 Å². The number of carbonyl (C=O) groups excluding carboxylic acids is 1. The first-order valence-corrected chi connectivity index (χ1v) is 18.6. The van der Waals surface area contributed by atoms with E-state index in [0.717, 1.165) is 64.2 Å². The summed E-state index contributed by atoms with van der Waals surface area (Å²) in [6.45, 7) is 4.03. The zero-order valence-electron chi connectivity index (χ0n) is 27.4. The van der Waals surface area contributed by atoms with Gasteiger partial charge in [0.15, 0.2) is 0 Å². The first kappa shape index (κ1) is 41.7. The summed E-state index contributed by atoms with van der Waals surface area (Å²) in [7, 11) is -4.33. The van der Waals surface area contributed by atoms with Crippen LogP contribution < -0.4 is 11.1 Å². The van der Waals surface area contributed by atoms with Crippen molar-refractivity contribution in [3.05, 3.63) is 36.5 Å². The lowest BCUT2D eigenvalue weighted by atomic mass is 10.1. The zero-order valence-corrected chi connectivity index (χ0v) is 28.3. The second kappa shape index (κ2) is 30.7. The SMILES string of the molecule is CCCC/C=C\C/C=C\CCCCCCCC(=O)NC(COP(=O)(O)OCCN)C(O)/C=C/CCCCCCCCCC. The maximum Gasteiger partial charge on any atom is 0.472 e. The van der Waals surface area contributed by atoms with Crippen molar-refractivity contribution in [1.82, 2.24) is 5.32 Å². The fourth-order valence-electron chi connectivity index (χ4n) is 4.56. The molecular weight excluding hydrogens is 563 g/mol. The second-order valence-corrected chi connectivity index (χ2v) is 12.8. The third-order valence-electron chi connectivity index (χ3n) is 7.21. The largest absolute Gasteiger partial charge is 0.472 e. The van der Waals surface area contributed by atoms with Gasteiger partial charge in [-0.15, -0.1) is 0 Å². The predicted molar refractivity (Wildman–Crippen MR) is 180 cm³/mol. The smallest absolute Gasteiger partial charge is 0.387 e. The molecule has 0 spiro atoms. The van der Waals surface area contributed by atoms with Crippen LogP contribution in [-0.4, -0.2) is 47.8 Å². The molecule has 8 nitrogen and oxygen atoms in total. The Bertz CT molecular complexity index is 774. The van der Waals surface area contributed by atoms with E-state index in [-0.39, 0.29) is 25.7 Å². The van der Waals surface area contributed by atoms with Crippen molar-refractivity contribution in [2.45, 2.75) is 154 Å². The molecule has 0 aromatic carbocycles. The van der Waals surface area contributed by atoms with Crippen LogP contribution in [0.3, 0.4) is 0 Å². The van der Waals surface area contributed by atoms with E-state index in [4.69, 9.17) is 14.8 Å². The van der Waals surface area contributed by atoms with Gasteiger partial charge in [0, 0.05) is 13.0 Å². The Kier molecular flexibility index (Phi) is 29.8. The molecule has 0 aliphatic rings. The maximum atomic E-state index is 12.6. The Morgan fingerprint density at radius 3 is 1.91 bits per heavy atom. The number of amides is 1. The van der Waals surface area contributed by atoms with Crippen molar-refractivity contribution < 1.29 is 28.4 Å². The van der Waals surface area contributed by atoms with Gasteiger partial charge in [0.05, 0.1) is 25.4 Å². The van der Waals surface area contributed by atoms with Crippen molar-refractivity contribution in [1.29, 1.82) is 0 Å². The van der Waals surface area contributed by atoms with Gasteiger partial charge in [-0.05, 0) is 44.9 Å². The van der Waals surface area contributed by atoms with Gasteiger partial charge in [0.25, 0.3) is 0 Å². The van der Waals surface area contributed by atoms with Gasteiger partial charge in [-0.25, -0.2) is 4.57 Å². The van der Waals surface area contributed by atoms with Crippen molar-refractivity contribution in [2.24, 2.45) is 5.73 Å². The quantitative estimate of drug-likeness (QED) is 0.0344. The third kappa shape index (κ3) is 29.2. The molecule has 0 saturated heterocycles. The van der Waals surface area contributed by atoms with Gasteiger partial charge >= 0.3 is 7.82 Å². The summed E-state index contributed by atoms with van der Waals surface area (Å²) in [6.07, 6.45) is 33.3. The number of hydrogen-bond acceptors (Lipinski definition) is 6. The van der Waals surface area contributed by atoms with Crippen LogP contribution in [-0.2, 0) is 18.4 Å². The highest BCUT2D eigenvalue weighted by molar-refractivity contribution is 7.47. The van der Waals surface area contributed by atoms with Gasteiger partial charge < -0.3 is 21.1 Å². The molecule has 0 aromatic heterocycles. The van der Waals surface area contributed by atoms with Gasteiger partial charge in [-0.1, -0.05) is 127 Å². The van der Waals surface area contributed by atoms with Crippen LogP contribution in [0.4, 0.5) is 0 Å². The first-order chi connectivity index (χ1) is 20.9. The van der Waals surface area contributed by atoms with Crippen molar-refractivity contribution >= 4 is 13.7 Å². The van der Waals surface area contributed by atoms with E-state index in [9.17, 15) is 19.4 Å². The van der Waals surface area contributed by atoms with Crippen LogP contribution >= 0.6 is 7.82 Å². The molecule has 0 saturated carbocycles. The van der Waals surface area contributed by atoms with Crippen molar-refractivity contribution in [3.8, 4) is 0 Å². The Hall–Kier alpha value is -1.28. The molecule has 3 unspecified atom stereocenters. The summed E-state index contributed by atoms with van der Waals surface area (Å²) in [5.41, 5.74) is 5.33. The molecule has 0 fully saturated rings. The molecular formula is C34H65N2O6P. The zero-order chi connectivity index (χ0) is 31.9. The lowest BCUT2D eigenvalue weighted by Crippen LogP contribution is -2.45. The van der Waals surface area contributed by atoms with Gasteiger partial charge in [-0.3, -0.25) is 13.8 Å². The fraction of sp³-hybridized carbons (Fsp3) is 0.794. The Morgan fingerprint density at radius 2 is 1.30 bits per heavy atom. The highest BCUT2D eigenvalue weighted by atomic mass is 31.2. The third-order valence-corrected chi connectivity index (χ3v) is 8.19. The van der Waals surface area contributed by atoms with Crippen LogP contribution in [0.25, 0.3) is 0 Å². The number of unbranched alkanes of at least 4 members (excludes halogenated alkanes) is 15. The standard InChI is InChI=1S/C34H65N2O6P/c1-3-5-7-9-11-13-15-16-17-18-20-22-24-26-28-34(38)36-32(31-42-43(39,40)41-30-29-35)33(37)27-25-23-21-19-14-12-10-8-6-4-2/h9,11,15-16,25,27,32-33,37H,3-8,10,12-14,17-24,26,28-31,35H2,1-2H3,(H,36,38)(H,39,40)/b11-9-,16-15-,27-25+. The lowest BCUT2D eigenvalue weighted by Gasteiger charge is -2.23. The fourth-order valence-corrected chi connectivity index (χ4v) is 5.32. The second-order valence-electron chi connectivity index (χ2n) is 11.4. The van der Waals surface area contributed by atoms with E-state index in [2.05, 4.69) is 43.5 Å². The van der Waals surface area contributed by atoms with Crippen LogP contribution in [0.15, 0.2) is 36.5 Å². The molecule has 0 aliphatic heterocycles. The minimum atomic E-state index is -4.33. The van der Waals surface area contributed by atoms with E-state index in [1.54, 1.807) is 6.08 Å². The van der Waals surface area contributed by atoms with Crippen LogP contribution in [0.5, 0.6) is 0 Å². The minimum Gasteiger partial charge on any atom is -0.387 e. The summed E-state index contributed by atoms with van der Waals surface area (Å²) in [4.78, 5) is 22.5. The molecule has 0 bridgehead atoms. The average molecular weight is 629 g/mol. The first-order valence-electron chi connectivity index (χ1n) is 17.1. The number of hydrogen-bond donors (Lipinski definition) is 4.